The fourth-order valence-electron chi connectivity index (χ4n) is 2.96. The lowest BCUT2D eigenvalue weighted by Gasteiger charge is -2.08. The van der Waals surface area contributed by atoms with E-state index >= 15 is 0 Å². The van der Waals surface area contributed by atoms with E-state index in [0.717, 1.165) is 28.9 Å². The number of alkyl halides is 3. The Labute approximate surface area is 174 Å². The molecule has 0 aliphatic heterocycles. The second-order valence-electron chi connectivity index (χ2n) is 6.52. The molecule has 0 aliphatic carbocycles. The zero-order valence-corrected chi connectivity index (χ0v) is 16.4. The Bertz CT molecular complexity index is 1230. The van der Waals surface area contributed by atoms with Crippen LogP contribution in [0.2, 0.25) is 5.15 Å². The van der Waals surface area contributed by atoms with Gasteiger partial charge in [0, 0.05) is 10.9 Å². The fourth-order valence-corrected chi connectivity index (χ4v) is 3.14. The lowest BCUT2D eigenvalue weighted by Crippen LogP contribution is -2.05. The molecule has 5 nitrogen and oxygen atoms in total. The number of hydrogen-bond acceptors (Lipinski definition) is 4. The third kappa shape index (κ3) is 3.99. The summed E-state index contributed by atoms with van der Waals surface area (Å²) in [5, 5.41) is 9.53. The molecule has 2 heterocycles. The van der Waals surface area contributed by atoms with Crippen LogP contribution in [0.1, 0.15) is 16.8 Å². The van der Waals surface area contributed by atoms with E-state index in [2.05, 4.69) is 20.6 Å². The third-order valence-corrected chi connectivity index (χ3v) is 4.71. The van der Waals surface area contributed by atoms with Crippen LogP contribution in [-0.4, -0.2) is 21.0 Å². The van der Waals surface area contributed by atoms with Gasteiger partial charge in [-0.3, -0.25) is 5.43 Å². The number of rotatable bonds is 4. The van der Waals surface area contributed by atoms with E-state index in [1.807, 2.05) is 37.3 Å². The summed E-state index contributed by atoms with van der Waals surface area (Å²) < 4.78 is 40.2. The summed E-state index contributed by atoms with van der Waals surface area (Å²) in [6.45, 7) is 1.86. The first kappa shape index (κ1) is 19.9. The second-order valence-corrected chi connectivity index (χ2v) is 6.88. The summed E-state index contributed by atoms with van der Waals surface area (Å²) in [7, 11) is 0. The van der Waals surface area contributed by atoms with Crippen LogP contribution in [0.15, 0.2) is 65.8 Å². The minimum atomic E-state index is -4.42. The SMILES string of the molecule is Cc1nn(-c2ccccc2)c2nc(Cl)c(/C=N\Nc3cccc(C(F)(F)F)c3)cc12. The number of fused-ring (bicyclic) bond motifs is 1. The Morgan fingerprint density at radius 3 is 2.57 bits per heavy atom. The van der Waals surface area contributed by atoms with Gasteiger partial charge in [0.1, 0.15) is 5.15 Å². The smallest absolute Gasteiger partial charge is 0.278 e. The highest BCUT2D eigenvalue weighted by Gasteiger charge is 2.30. The Morgan fingerprint density at radius 1 is 1.07 bits per heavy atom. The molecular formula is C21H15ClF3N5. The van der Waals surface area contributed by atoms with Gasteiger partial charge in [0.25, 0.3) is 0 Å². The number of anilines is 1. The van der Waals surface area contributed by atoms with Gasteiger partial charge in [-0.25, -0.2) is 9.67 Å². The molecule has 0 saturated heterocycles. The van der Waals surface area contributed by atoms with Crippen molar-refractivity contribution in [1.29, 1.82) is 0 Å². The van der Waals surface area contributed by atoms with Gasteiger partial charge in [0.2, 0.25) is 0 Å². The van der Waals surface area contributed by atoms with E-state index in [-0.39, 0.29) is 10.8 Å². The van der Waals surface area contributed by atoms with Gasteiger partial charge in [-0.2, -0.15) is 23.4 Å². The van der Waals surface area contributed by atoms with Gasteiger partial charge in [0.05, 0.1) is 28.8 Å². The maximum Gasteiger partial charge on any atom is 0.416 e. The molecule has 0 amide bonds. The molecule has 0 unspecified atom stereocenters. The predicted molar refractivity (Wildman–Crippen MR) is 111 cm³/mol. The summed E-state index contributed by atoms with van der Waals surface area (Å²) in [5.74, 6) is 0. The van der Waals surface area contributed by atoms with Gasteiger partial charge in [-0.15, -0.1) is 0 Å². The van der Waals surface area contributed by atoms with E-state index in [1.165, 1.54) is 18.3 Å². The highest BCUT2D eigenvalue weighted by Crippen LogP contribution is 2.30. The fraction of sp³-hybridized carbons (Fsp3) is 0.0952. The van der Waals surface area contributed by atoms with Crippen molar-refractivity contribution in [3.8, 4) is 5.69 Å². The maximum absolute atomic E-state index is 12.8. The van der Waals surface area contributed by atoms with E-state index < -0.39 is 11.7 Å². The second kappa shape index (κ2) is 7.79. The summed E-state index contributed by atoms with van der Waals surface area (Å²) >= 11 is 6.32. The van der Waals surface area contributed by atoms with E-state index in [9.17, 15) is 13.2 Å². The van der Waals surface area contributed by atoms with Crippen LogP contribution in [0.3, 0.4) is 0 Å². The molecule has 9 heteroatoms. The van der Waals surface area contributed by atoms with Crippen LogP contribution in [0.25, 0.3) is 16.7 Å². The molecule has 4 rings (SSSR count). The molecule has 30 heavy (non-hydrogen) atoms. The first-order valence-electron chi connectivity index (χ1n) is 8.90. The number of para-hydroxylation sites is 1. The number of nitrogens with zero attached hydrogens (tertiary/aromatic N) is 4. The highest BCUT2D eigenvalue weighted by atomic mass is 35.5. The first-order valence-corrected chi connectivity index (χ1v) is 9.28. The molecule has 2 aromatic heterocycles. The van der Waals surface area contributed by atoms with Crippen molar-refractivity contribution in [2.45, 2.75) is 13.1 Å². The molecular weight excluding hydrogens is 415 g/mol. The largest absolute Gasteiger partial charge is 0.416 e. The molecule has 0 bridgehead atoms. The number of hydrazone groups is 1. The van der Waals surface area contributed by atoms with Crippen LogP contribution < -0.4 is 5.43 Å². The van der Waals surface area contributed by atoms with Crippen LogP contribution in [0.4, 0.5) is 18.9 Å². The maximum atomic E-state index is 12.8. The number of hydrogen-bond donors (Lipinski definition) is 1. The monoisotopic (exact) mass is 429 g/mol. The minimum absolute atomic E-state index is 0.203. The standard InChI is InChI=1S/C21H15ClF3N5/c1-13-18-10-14(12-26-28-16-7-5-6-15(11-16)21(23,24)25)19(22)27-20(18)30(29-13)17-8-3-2-4-9-17/h2-12,28H,1H3/b26-12-. The first-order chi connectivity index (χ1) is 14.3. The van der Waals surface area contributed by atoms with Crippen molar-refractivity contribution >= 4 is 34.5 Å². The van der Waals surface area contributed by atoms with Gasteiger partial charge in [-0.1, -0.05) is 35.9 Å². The molecule has 0 aliphatic rings. The Hall–Kier alpha value is -3.39. The van der Waals surface area contributed by atoms with Crippen molar-refractivity contribution in [2.24, 2.45) is 5.10 Å². The number of nitrogens with one attached hydrogen (secondary N) is 1. The average Bonchev–Trinajstić information content (AvgIpc) is 3.04. The van der Waals surface area contributed by atoms with Crippen molar-refractivity contribution < 1.29 is 13.2 Å². The van der Waals surface area contributed by atoms with Gasteiger partial charge in [0.15, 0.2) is 5.65 Å². The third-order valence-electron chi connectivity index (χ3n) is 4.41. The van der Waals surface area contributed by atoms with Gasteiger partial charge in [-0.05, 0) is 43.3 Å². The van der Waals surface area contributed by atoms with Crippen LogP contribution >= 0.6 is 11.6 Å². The normalized spacial score (nSPS) is 12.0. The van der Waals surface area contributed by atoms with Crippen LogP contribution in [0, 0.1) is 6.92 Å². The number of benzene rings is 2. The summed E-state index contributed by atoms with van der Waals surface area (Å²) in [6.07, 6.45) is -3.01. The lowest BCUT2D eigenvalue weighted by molar-refractivity contribution is -0.137. The van der Waals surface area contributed by atoms with E-state index in [4.69, 9.17) is 11.6 Å². The molecule has 0 spiro atoms. The van der Waals surface area contributed by atoms with E-state index in [1.54, 1.807) is 10.7 Å². The predicted octanol–water partition coefficient (Wildman–Crippen LogP) is 5.85. The zero-order valence-electron chi connectivity index (χ0n) is 15.7. The Kier molecular flexibility index (Phi) is 5.17. The molecule has 0 saturated carbocycles. The van der Waals surface area contributed by atoms with Crippen molar-refractivity contribution in [2.75, 3.05) is 5.43 Å². The average molecular weight is 430 g/mol. The van der Waals surface area contributed by atoms with Crippen molar-refractivity contribution in [3.63, 3.8) is 0 Å². The number of aromatic nitrogens is 3. The number of halogens is 4. The van der Waals surface area contributed by atoms with Crippen LogP contribution in [-0.2, 0) is 6.18 Å². The van der Waals surface area contributed by atoms with E-state index in [0.29, 0.717) is 11.2 Å². The Morgan fingerprint density at radius 2 is 1.83 bits per heavy atom. The quantitative estimate of drug-likeness (QED) is 0.251. The molecule has 0 fully saturated rings. The highest BCUT2D eigenvalue weighted by molar-refractivity contribution is 6.32. The van der Waals surface area contributed by atoms with Crippen molar-refractivity contribution in [1.82, 2.24) is 14.8 Å². The summed E-state index contributed by atoms with van der Waals surface area (Å²) in [4.78, 5) is 4.44. The zero-order chi connectivity index (χ0) is 21.3. The van der Waals surface area contributed by atoms with Gasteiger partial charge < -0.3 is 0 Å². The summed E-state index contributed by atoms with van der Waals surface area (Å²) in [6, 6.07) is 16.1. The van der Waals surface area contributed by atoms with Gasteiger partial charge >= 0.3 is 6.18 Å². The van der Waals surface area contributed by atoms with Crippen molar-refractivity contribution in [3.05, 3.63) is 82.6 Å². The molecule has 0 atom stereocenters. The minimum Gasteiger partial charge on any atom is -0.278 e. The Balaban J connectivity index is 1.63. The van der Waals surface area contributed by atoms with Crippen LogP contribution in [0.5, 0.6) is 0 Å². The molecule has 152 valence electrons. The molecule has 0 radical (unpaired) electrons. The molecule has 2 aromatic carbocycles. The number of aryl methyl sites for hydroxylation is 1. The number of pyridine rings is 1. The molecule has 4 aromatic rings. The topological polar surface area (TPSA) is 55.1 Å². The summed E-state index contributed by atoms with van der Waals surface area (Å²) in [5.41, 5.74) is 4.77. The molecule has 1 N–H and O–H groups in total. The lowest BCUT2D eigenvalue weighted by atomic mass is 10.2.